The zero-order valence-electron chi connectivity index (χ0n) is 75.9. The van der Waals surface area contributed by atoms with Crippen molar-refractivity contribution >= 4 is 29.7 Å². The quantitative estimate of drug-likeness (QED) is 0.0180. The Labute approximate surface area is 802 Å². The van der Waals surface area contributed by atoms with Crippen molar-refractivity contribution < 1.29 is 140 Å². The minimum absolute atomic E-state index is 0.109. The van der Waals surface area contributed by atoms with Gasteiger partial charge in [0, 0.05) is 55.9 Å². The van der Waals surface area contributed by atoms with E-state index in [0.29, 0.717) is 77.8 Å². The first-order chi connectivity index (χ1) is 67.4. The molecule has 3 atom stereocenters. The van der Waals surface area contributed by atoms with E-state index >= 15 is 4.39 Å². The number of esters is 1. The van der Waals surface area contributed by atoms with Crippen LogP contribution in [0.4, 0.5) is 106 Å². The van der Waals surface area contributed by atoms with Gasteiger partial charge in [-0.1, -0.05) is 144 Å². The number of ether oxygens (including phenoxy) is 4. The first-order valence-corrected chi connectivity index (χ1v) is 43.3. The summed E-state index contributed by atoms with van der Waals surface area (Å²) < 4.78 is 329. The number of aryl methyl sites for hydroxylation is 1. The molecule has 5 amide bonds. The number of hydrogen-bond donors (Lipinski definition) is 5. The topological polar surface area (TPSA) is 244 Å². The molecule has 13 rings (SSSR count). The van der Waals surface area contributed by atoms with Crippen molar-refractivity contribution in [2.45, 2.75) is 159 Å². The SMILES string of the molecule is CC(=O)CCCc1ccc(-n2cc(CNC(=O)N[C@](Cc3ccccc3)(c3ccc(F)cc3)c3cc(F)cc(OC(F)(F)C(F)F)c3)nn2)cc1.CC(C)Oc1cc([C@@](Cc2ccccc2)(NC(=O)c2cc(C(C)(F)F)cc(C(F)(F)F)c2)c2cc(F)cc(C(F)(F)F)c2)ccc1F.CCOC(=O)Cn1cc(CNC(=O)N[C@](Cc2ccccc2)(c2ccc(F)cc2)c2cc(F)cc(OC(F)(F)C(F)F)c2)nn1. The Kier molecular flexibility index (Phi) is 35.1. The largest absolute Gasteiger partial charge is 0.488 e. The number of nitrogens with one attached hydrogen (secondary N) is 5. The smallest absolute Gasteiger partial charge is 0.461 e. The van der Waals surface area contributed by atoms with Gasteiger partial charge in [0.1, 0.15) is 64.3 Å². The maximum atomic E-state index is 15.1. The fourth-order valence-electron chi connectivity index (χ4n) is 15.1. The van der Waals surface area contributed by atoms with E-state index in [9.17, 15) is 116 Å². The van der Waals surface area contributed by atoms with Crippen molar-refractivity contribution in [2.75, 3.05) is 6.61 Å². The van der Waals surface area contributed by atoms with Crippen LogP contribution in [0, 0.1) is 34.9 Å². The molecule has 0 fully saturated rings. The van der Waals surface area contributed by atoms with Gasteiger partial charge in [0.25, 0.3) is 11.8 Å². The summed E-state index contributed by atoms with van der Waals surface area (Å²) in [4.78, 5) is 63.9. The van der Waals surface area contributed by atoms with Gasteiger partial charge in [0.15, 0.2) is 11.6 Å². The Morgan fingerprint density at radius 1 is 0.420 bits per heavy atom. The molecule has 0 spiro atoms. The molecule has 754 valence electrons. The molecule has 20 nitrogen and oxygen atoms in total. The first kappa shape index (κ1) is 108. The number of carbonyl (C=O) groups is 5. The van der Waals surface area contributed by atoms with Crippen LogP contribution in [0.3, 0.4) is 0 Å². The number of amides is 5. The molecule has 0 aliphatic heterocycles. The molecular weight excluding hydrogens is 1930 g/mol. The minimum Gasteiger partial charge on any atom is -0.488 e. The van der Waals surface area contributed by atoms with Crippen LogP contribution in [0.5, 0.6) is 17.2 Å². The number of benzene rings is 11. The normalized spacial score (nSPS) is 13.1. The van der Waals surface area contributed by atoms with Crippen LogP contribution in [-0.2, 0) is 94.5 Å². The molecule has 11 aromatic carbocycles. The van der Waals surface area contributed by atoms with E-state index in [1.54, 1.807) is 113 Å². The third kappa shape index (κ3) is 29.4. The summed E-state index contributed by atoms with van der Waals surface area (Å²) in [5, 5.41) is 29.1. The highest BCUT2D eigenvalue weighted by molar-refractivity contribution is 5.96. The molecule has 2 aromatic heterocycles. The van der Waals surface area contributed by atoms with Gasteiger partial charge in [-0.05, 0) is 205 Å². The number of ketones is 1. The van der Waals surface area contributed by atoms with E-state index in [4.69, 9.17) is 9.47 Å². The Morgan fingerprint density at radius 2 is 0.832 bits per heavy atom. The van der Waals surface area contributed by atoms with E-state index in [1.807, 2.05) is 24.3 Å². The second-order valence-electron chi connectivity index (χ2n) is 32.9. The van der Waals surface area contributed by atoms with E-state index in [1.165, 1.54) is 52.0 Å². The molecule has 0 unspecified atom stereocenters. The van der Waals surface area contributed by atoms with Gasteiger partial charge in [0.05, 0.1) is 71.6 Å². The number of hydrogen-bond acceptors (Lipinski definition) is 13. The molecule has 0 radical (unpaired) electrons. The second-order valence-corrected chi connectivity index (χ2v) is 32.9. The van der Waals surface area contributed by atoms with Gasteiger partial charge in [-0.25, -0.2) is 54.1 Å². The van der Waals surface area contributed by atoms with Gasteiger partial charge in [0.2, 0.25) is 0 Å². The average molecular weight is 2020 g/mol. The van der Waals surface area contributed by atoms with Crippen LogP contribution in [-0.4, -0.2) is 97.5 Å². The molecule has 0 aliphatic rings. The first-order valence-electron chi connectivity index (χ1n) is 43.3. The zero-order chi connectivity index (χ0) is 104. The van der Waals surface area contributed by atoms with E-state index in [-0.39, 0.29) is 90.5 Å². The number of rotatable bonds is 37. The summed E-state index contributed by atoms with van der Waals surface area (Å²) >= 11 is 0. The molecule has 0 bridgehead atoms. The Balaban J connectivity index is 0.000000205. The molecule has 2 heterocycles. The van der Waals surface area contributed by atoms with Gasteiger partial charge in [-0.3, -0.25) is 9.59 Å². The third-order valence-electron chi connectivity index (χ3n) is 21.6. The zero-order valence-corrected chi connectivity index (χ0v) is 75.9. The fraction of sp³-hybridized carbons (Fsp3) is 0.257. The summed E-state index contributed by atoms with van der Waals surface area (Å²) in [6.45, 7) is 6.27. The summed E-state index contributed by atoms with van der Waals surface area (Å²) in [6, 6.07) is 50.4. The number of alkyl halides is 16. The fourth-order valence-corrected chi connectivity index (χ4v) is 15.1. The van der Waals surface area contributed by atoms with Gasteiger partial charge < -0.3 is 50.3 Å². The van der Waals surface area contributed by atoms with Gasteiger partial charge in [-0.15, -0.1) is 10.2 Å². The van der Waals surface area contributed by atoms with Gasteiger partial charge in [-0.2, -0.15) is 61.5 Å². The summed E-state index contributed by atoms with van der Waals surface area (Å²) in [6.07, 6.45) is -24.9. The molecule has 42 heteroatoms. The lowest BCUT2D eigenvalue weighted by Crippen LogP contribution is -2.52. The van der Waals surface area contributed by atoms with Crippen molar-refractivity contribution in [1.82, 2.24) is 56.6 Å². The maximum absolute atomic E-state index is 15.1. The predicted molar refractivity (Wildman–Crippen MR) is 476 cm³/mol. The summed E-state index contributed by atoms with van der Waals surface area (Å²) in [7, 11) is 0. The Morgan fingerprint density at radius 3 is 1.27 bits per heavy atom. The van der Waals surface area contributed by atoms with Crippen LogP contribution in [0.2, 0.25) is 0 Å². The number of urea groups is 2. The van der Waals surface area contributed by atoms with E-state index in [0.717, 1.165) is 85.1 Å². The Bertz CT molecular complexity index is 6490. The highest BCUT2D eigenvalue weighted by Crippen LogP contribution is 2.45. The van der Waals surface area contributed by atoms with Crippen molar-refractivity contribution in [2.24, 2.45) is 0 Å². The van der Waals surface area contributed by atoms with Crippen molar-refractivity contribution in [3.63, 3.8) is 0 Å². The lowest BCUT2D eigenvalue weighted by atomic mass is 9.77. The lowest BCUT2D eigenvalue weighted by Gasteiger charge is -2.37. The van der Waals surface area contributed by atoms with Crippen LogP contribution < -0.4 is 40.8 Å². The number of carbonyl (C=O) groups excluding carboxylic acids is 5. The predicted octanol–water partition coefficient (Wildman–Crippen LogP) is 22.8. The molecule has 143 heavy (non-hydrogen) atoms. The van der Waals surface area contributed by atoms with Crippen LogP contribution >= 0.6 is 0 Å². The maximum Gasteiger partial charge on any atom is 0.461 e. The molecule has 13 aromatic rings. The minimum atomic E-state index is -5.17. The number of Topliss-reactive ketones (excluding diaryl/α,β-unsaturated/α-hetero) is 1. The lowest BCUT2D eigenvalue weighted by molar-refractivity contribution is -0.253. The van der Waals surface area contributed by atoms with Crippen molar-refractivity contribution in [3.05, 3.63) is 391 Å². The molecule has 5 N–H and O–H groups in total. The Hall–Kier alpha value is -15.3. The number of nitrogens with zero attached hydrogens (tertiary/aromatic N) is 6. The van der Waals surface area contributed by atoms with Crippen LogP contribution in [0.25, 0.3) is 5.69 Å². The van der Waals surface area contributed by atoms with E-state index < -0.39 is 176 Å². The van der Waals surface area contributed by atoms with Crippen LogP contribution in [0.1, 0.15) is 142 Å². The molecule has 0 saturated carbocycles. The van der Waals surface area contributed by atoms with Crippen molar-refractivity contribution in [3.8, 4) is 22.9 Å². The molecular formula is C101H87F22N11O9. The van der Waals surface area contributed by atoms with Gasteiger partial charge >= 0.3 is 55.5 Å². The van der Waals surface area contributed by atoms with Crippen LogP contribution in [0.15, 0.2) is 267 Å². The monoisotopic (exact) mass is 2020 g/mol. The third-order valence-corrected chi connectivity index (χ3v) is 21.6. The summed E-state index contributed by atoms with van der Waals surface area (Å²) in [5.74, 6) is -13.7. The molecule has 0 saturated heterocycles. The number of halogens is 22. The highest BCUT2D eigenvalue weighted by Gasteiger charge is 2.48. The second kappa shape index (κ2) is 46.4. The van der Waals surface area contributed by atoms with Crippen molar-refractivity contribution in [1.29, 1.82) is 0 Å². The standard InChI is InChI=1S/C37H33F6N5O3.C34H27F10NO2.C30H27F6N5O4/c1-24(49)6-5-9-25-10-16-32(17-11-25)48-23-31(46-47-48)22-44-35(50)45-36(21-26-7-3-2-4-8-26,27-12-14-29(38)15-13-27)28-18-30(39)20-33(19-28)51-37(42,43)34(40)41;1-19(2)47-29-17-22(9-10-28(29)36)32(18-20-7-5-4-6-8-20,24-14-26(34(42,43)44)16-27(35)15-24)45-30(46)21-11-23(31(3,37)38)13-25(12-21)33(39,40)41;1-2-44-26(42)18-41-17-24(39-40-41)16-37-28(43)38-29(15-19-6-4-3-5-7-19,20-8-10-22(31)11-9-20)21-12-23(32)14-25(13-21)45-30(35,36)27(33)34/h2-4,7-8,10-20,23,34H,5-6,9,21-22H2,1H3,(H2,44,45,50);4-17,19H,18H2,1-3H3,(H,45,46);3-14,17,27H,2,15-16,18H2,1H3,(H2,37,38,43)/t36-;32-;29-/m111/s1. The average Bonchev–Trinajstić information content (AvgIpc) is 1.21. The highest BCUT2D eigenvalue weighted by atomic mass is 19.4. The van der Waals surface area contributed by atoms with E-state index in [2.05, 4.69) is 56.7 Å². The summed E-state index contributed by atoms with van der Waals surface area (Å²) in [5.41, 5.74) is -7.68. The number of aromatic nitrogens is 6. The molecule has 0 aliphatic carbocycles.